The molecule has 1 aromatic rings. The Balaban J connectivity index is 2.23. The highest BCUT2D eigenvalue weighted by atomic mass is 32.1. The average molecular weight is 291 g/mol. The Morgan fingerprint density at radius 1 is 1.35 bits per heavy atom. The van der Waals surface area contributed by atoms with Gasteiger partial charge in [0.15, 0.2) is 0 Å². The second kappa shape index (κ2) is 6.53. The summed E-state index contributed by atoms with van der Waals surface area (Å²) >= 11 is 5.22. The summed E-state index contributed by atoms with van der Waals surface area (Å²) in [6, 6.07) is 2.05. The summed E-state index contributed by atoms with van der Waals surface area (Å²) in [4.78, 5) is 7.36. The molecule has 0 atom stereocenters. The summed E-state index contributed by atoms with van der Waals surface area (Å²) in [6.45, 7) is 5.13. The van der Waals surface area contributed by atoms with Gasteiger partial charge in [-0.05, 0) is 44.2 Å². The zero-order valence-corrected chi connectivity index (χ0v) is 13.6. The van der Waals surface area contributed by atoms with Crippen molar-refractivity contribution in [1.29, 1.82) is 0 Å². The largest absolute Gasteiger partial charge is 0.389 e. The normalized spacial score (nSPS) is 16.1. The monoisotopic (exact) mass is 291 g/mol. The zero-order chi connectivity index (χ0) is 14.7. The van der Waals surface area contributed by atoms with E-state index in [2.05, 4.69) is 23.9 Å². The van der Waals surface area contributed by atoms with Crippen molar-refractivity contribution >= 4 is 23.0 Å². The highest BCUT2D eigenvalue weighted by Gasteiger charge is 2.20. The molecule has 3 nitrogen and oxygen atoms in total. The fourth-order valence-corrected chi connectivity index (χ4v) is 3.49. The van der Waals surface area contributed by atoms with E-state index in [9.17, 15) is 0 Å². The van der Waals surface area contributed by atoms with Crippen LogP contribution in [0, 0.1) is 19.8 Å². The Bertz CT molecular complexity index is 493. The molecule has 20 heavy (non-hydrogen) atoms. The third kappa shape index (κ3) is 3.48. The van der Waals surface area contributed by atoms with Gasteiger partial charge in [0, 0.05) is 19.3 Å². The Hall–Kier alpha value is -1.16. The van der Waals surface area contributed by atoms with Crippen LogP contribution in [0.3, 0.4) is 0 Å². The number of pyridine rings is 1. The second-order valence-electron chi connectivity index (χ2n) is 6.03. The number of rotatable bonds is 4. The summed E-state index contributed by atoms with van der Waals surface area (Å²) in [5, 5.41) is 0. The zero-order valence-electron chi connectivity index (χ0n) is 12.8. The van der Waals surface area contributed by atoms with Crippen LogP contribution >= 0.6 is 12.2 Å². The number of aryl methyl sites for hydroxylation is 2. The van der Waals surface area contributed by atoms with Gasteiger partial charge in [-0.3, -0.25) is 0 Å². The molecule has 0 aliphatic heterocycles. The Labute approximate surface area is 127 Å². The lowest BCUT2D eigenvalue weighted by atomic mass is 9.89. The van der Waals surface area contributed by atoms with Crippen molar-refractivity contribution in [2.24, 2.45) is 11.7 Å². The van der Waals surface area contributed by atoms with Gasteiger partial charge in [0.2, 0.25) is 0 Å². The van der Waals surface area contributed by atoms with Gasteiger partial charge in [0.1, 0.15) is 10.8 Å². The highest BCUT2D eigenvalue weighted by Crippen LogP contribution is 2.27. The standard InChI is InChI=1S/C16H25N3S/c1-11-9-12(2)18-16(14(11)15(17)20)19(3)10-13-7-5-4-6-8-13/h9,13H,4-8,10H2,1-3H3,(H2,17,20). The van der Waals surface area contributed by atoms with Crippen molar-refractivity contribution < 1.29 is 0 Å². The predicted molar refractivity (Wildman–Crippen MR) is 89.4 cm³/mol. The molecule has 110 valence electrons. The third-order valence-corrected chi connectivity index (χ3v) is 4.39. The van der Waals surface area contributed by atoms with E-state index in [1.165, 1.54) is 32.1 Å². The maximum Gasteiger partial charge on any atom is 0.139 e. The Kier molecular flexibility index (Phi) is 4.97. The summed E-state index contributed by atoms with van der Waals surface area (Å²) < 4.78 is 0. The highest BCUT2D eigenvalue weighted by molar-refractivity contribution is 7.80. The van der Waals surface area contributed by atoms with Crippen LogP contribution in [0.15, 0.2) is 6.07 Å². The minimum atomic E-state index is 0.445. The first kappa shape index (κ1) is 15.2. The second-order valence-corrected chi connectivity index (χ2v) is 6.47. The van der Waals surface area contributed by atoms with Gasteiger partial charge in [0.05, 0.1) is 5.56 Å². The average Bonchev–Trinajstić information content (AvgIpc) is 2.38. The molecule has 0 aromatic carbocycles. The van der Waals surface area contributed by atoms with Crippen LogP contribution in [-0.2, 0) is 0 Å². The predicted octanol–water partition coefficient (Wildman–Crippen LogP) is 3.35. The number of hydrogen-bond acceptors (Lipinski definition) is 3. The molecule has 0 saturated heterocycles. The van der Waals surface area contributed by atoms with Crippen molar-refractivity contribution in [2.75, 3.05) is 18.5 Å². The number of anilines is 1. The van der Waals surface area contributed by atoms with Crippen molar-refractivity contribution in [3.8, 4) is 0 Å². The molecular weight excluding hydrogens is 266 g/mol. The summed E-state index contributed by atoms with van der Waals surface area (Å²) in [5.41, 5.74) is 8.98. The minimum Gasteiger partial charge on any atom is -0.389 e. The van der Waals surface area contributed by atoms with E-state index in [1.54, 1.807) is 0 Å². The van der Waals surface area contributed by atoms with Gasteiger partial charge >= 0.3 is 0 Å². The molecular formula is C16H25N3S. The van der Waals surface area contributed by atoms with Gasteiger partial charge in [-0.15, -0.1) is 0 Å². The molecule has 0 spiro atoms. The molecule has 2 N–H and O–H groups in total. The van der Waals surface area contributed by atoms with E-state index >= 15 is 0 Å². The molecule has 1 aliphatic carbocycles. The first-order chi connectivity index (χ1) is 9.49. The van der Waals surface area contributed by atoms with Crippen LogP contribution in [0.4, 0.5) is 5.82 Å². The first-order valence-corrected chi connectivity index (χ1v) is 7.89. The van der Waals surface area contributed by atoms with E-state index in [4.69, 9.17) is 18.0 Å². The fraction of sp³-hybridized carbons (Fsp3) is 0.625. The lowest BCUT2D eigenvalue weighted by Gasteiger charge is -2.29. The SMILES string of the molecule is Cc1cc(C)c(C(N)=S)c(N(C)CC2CCCCC2)n1. The number of thiocarbonyl (C=S) groups is 1. The smallest absolute Gasteiger partial charge is 0.139 e. The van der Waals surface area contributed by atoms with Crippen molar-refractivity contribution in [2.45, 2.75) is 46.0 Å². The number of nitrogens with two attached hydrogens (primary N) is 1. The van der Waals surface area contributed by atoms with Crippen LogP contribution in [0.2, 0.25) is 0 Å². The first-order valence-electron chi connectivity index (χ1n) is 7.48. The molecule has 1 fully saturated rings. The van der Waals surface area contributed by atoms with Crippen molar-refractivity contribution in [3.63, 3.8) is 0 Å². The molecule has 0 radical (unpaired) electrons. The summed E-state index contributed by atoms with van der Waals surface area (Å²) in [7, 11) is 2.11. The molecule has 1 heterocycles. The number of nitrogens with zero attached hydrogens (tertiary/aromatic N) is 2. The van der Waals surface area contributed by atoms with Gasteiger partial charge in [-0.25, -0.2) is 4.98 Å². The van der Waals surface area contributed by atoms with Crippen LogP contribution in [0.1, 0.15) is 48.9 Å². The number of aromatic nitrogens is 1. The lowest BCUT2D eigenvalue weighted by Crippen LogP contribution is -2.30. The third-order valence-electron chi connectivity index (χ3n) is 4.19. The molecule has 1 aliphatic rings. The quantitative estimate of drug-likeness (QED) is 0.864. The molecule has 4 heteroatoms. The topological polar surface area (TPSA) is 42.1 Å². The maximum atomic E-state index is 5.90. The van der Waals surface area contributed by atoms with E-state index in [1.807, 2.05) is 13.0 Å². The van der Waals surface area contributed by atoms with Crippen molar-refractivity contribution in [3.05, 3.63) is 22.9 Å². The molecule has 0 amide bonds. The molecule has 1 aromatic heterocycles. The van der Waals surface area contributed by atoms with Gasteiger partial charge in [0.25, 0.3) is 0 Å². The van der Waals surface area contributed by atoms with Crippen molar-refractivity contribution in [1.82, 2.24) is 4.98 Å². The van der Waals surface area contributed by atoms with Crippen LogP contribution < -0.4 is 10.6 Å². The van der Waals surface area contributed by atoms with Gasteiger partial charge in [-0.2, -0.15) is 0 Å². The molecule has 2 rings (SSSR count). The van der Waals surface area contributed by atoms with Gasteiger partial charge < -0.3 is 10.6 Å². The summed E-state index contributed by atoms with van der Waals surface area (Å²) in [5.74, 6) is 1.72. The Morgan fingerprint density at radius 2 is 2.00 bits per heavy atom. The Morgan fingerprint density at radius 3 is 2.60 bits per heavy atom. The molecule has 0 unspecified atom stereocenters. The van der Waals surface area contributed by atoms with Gasteiger partial charge in [-0.1, -0.05) is 31.5 Å². The minimum absolute atomic E-state index is 0.445. The summed E-state index contributed by atoms with van der Waals surface area (Å²) in [6.07, 6.45) is 6.77. The maximum absolute atomic E-state index is 5.90. The van der Waals surface area contributed by atoms with Crippen LogP contribution in [0.25, 0.3) is 0 Å². The van der Waals surface area contributed by atoms with E-state index in [-0.39, 0.29) is 0 Å². The number of hydrogen-bond donors (Lipinski definition) is 1. The van der Waals surface area contributed by atoms with E-state index in [0.29, 0.717) is 4.99 Å². The van der Waals surface area contributed by atoms with E-state index in [0.717, 1.165) is 35.1 Å². The molecule has 0 bridgehead atoms. The van der Waals surface area contributed by atoms with Crippen LogP contribution in [0.5, 0.6) is 0 Å². The van der Waals surface area contributed by atoms with E-state index < -0.39 is 0 Å². The fourth-order valence-electron chi connectivity index (χ4n) is 3.24. The molecule has 1 saturated carbocycles. The lowest BCUT2D eigenvalue weighted by molar-refractivity contribution is 0.361. The van der Waals surface area contributed by atoms with Crippen LogP contribution in [-0.4, -0.2) is 23.6 Å².